The van der Waals surface area contributed by atoms with Crippen LogP contribution in [0.3, 0.4) is 0 Å². The van der Waals surface area contributed by atoms with E-state index in [9.17, 15) is 19.8 Å². The van der Waals surface area contributed by atoms with E-state index in [1.165, 1.54) is 205 Å². The van der Waals surface area contributed by atoms with E-state index in [-0.39, 0.29) is 18.5 Å². The number of carbonyl (C=O) groups is 2. The van der Waals surface area contributed by atoms with Crippen molar-refractivity contribution >= 4 is 11.9 Å². The molecule has 2 unspecified atom stereocenters. The first kappa shape index (κ1) is 64.8. The quantitative estimate of drug-likeness (QED) is 0.0321. The van der Waals surface area contributed by atoms with Gasteiger partial charge in [0, 0.05) is 12.8 Å². The predicted molar refractivity (Wildman–Crippen MR) is 292 cm³/mol. The van der Waals surface area contributed by atoms with Gasteiger partial charge in [-0.3, -0.25) is 9.59 Å². The molecule has 0 fully saturated rings. The van der Waals surface area contributed by atoms with Gasteiger partial charge in [-0.2, -0.15) is 0 Å². The van der Waals surface area contributed by atoms with Crippen LogP contribution >= 0.6 is 0 Å². The van der Waals surface area contributed by atoms with E-state index in [2.05, 4.69) is 55.6 Å². The minimum atomic E-state index is -0.856. The highest BCUT2D eigenvalue weighted by atomic mass is 16.5. The minimum absolute atomic E-state index is 0.00804. The van der Waals surface area contributed by atoms with Crippen molar-refractivity contribution in [2.45, 2.75) is 315 Å². The Balaban J connectivity index is 3.48. The fourth-order valence-corrected chi connectivity index (χ4v) is 8.78. The van der Waals surface area contributed by atoms with Crippen molar-refractivity contribution < 1.29 is 24.5 Å². The number of carbonyl (C=O) groups excluding carboxylic acids is 2. The number of hydrogen-bond acceptors (Lipinski definition) is 5. The topological polar surface area (TPSA) is 95.9 Å². The highest BCUT2D eigenvalue weighted by Gasteiger charge is 2.18. The van der Waals surface area contributed by atoms with E-state index in [0.29, 0.717) is 19.4 Å². The van der Waals surface area contributed by atoms with Gasteiger partial charge in [-0.1, -0.05) is 249 Å². The van der Waals surface area contributed by atoms with Crippen LogP contribution in [0.25, 0.3) is 0 Å². The Morgan fingerprint density at radius 2 is 0.746 bits per heavy atom. The summed E-state index contributed by atoms with van der Waals surface area (Å²) in [6.07, 6.45) is 71.3. The van der Waals surface area contributed by atoms with E-state index < -0.39 is 12.1 Å². The fourth-order valence-electron chi connectivity index (χ4n) is 8.78. The maximum atomic E-state index is 12.4. The molecule has 0 saturated heterocycles. The van der Waals surface area contributed by atoms with Crippen LogP contribution in [0.4, 0.5) is 0 Å². The van der Waals surface area contributed by atoms with Crippen molar-refractivity contribution in [3.63, 3.8) is 0 Å². The first-order chi connectivity index (χ1) is 33.0. The van der Waals surface area contributed by atoms with Crippen molar-refractivity contribution in [1.82, 2.24) is 5.32 Å². The van der Waals surface area contributed by atoms with Crippen LogP contribution in [-0.2, 0) is 14.3 Å². The standard InChI is InChI=1S/C61H113NO5/c1-3-5-7-9-11-13-15-17-19-20-21-22-27-31-35-39-43-47-51-55-61(66)67-56-52-48-44-40-36-32-28-24-23-26-30-34-38-42-46-50-54-60(65)62-58(57-63)59(64)53-49-45-41-37-33-29-25-18-16-14-12-10-8-6-4-2/h11,13,17,19,23,26,49,53,58-59,63-64H,3-10,12,14-16,18,20-22,24-25,27-48,50-52,54-57H2,1-2H3,(H,62,65)/b13-11-,19-17-,26-23-,53-49+. The summed E-state index contributed by atoms with van der Waals surface area (Å²) in [7, 11) is 0. The van der Waals surface area contributed by atoms with Gasteiger partial charge < -0.3 is 20.3 Å². The Bertz CT molecular complexity index is 1130. The maximum Gasteiger partial charge on any atom is 0.305 e. The second-order valence-corrected chi connectivity index (χ2v) is 20.0. The van der Waals surface area contributed by atoms with Crippen LogP contribution in [0.1, 0.15) is 303 Å². The van der Waals surface area contributed by atoms with Gasteiger partial charge in [-0.05, 0) is 89.9 Å². The normalized spacial score (nSPS) is 13.0. The second kappa shape index (κ2) is 56.4. The summed E-state index contributed by atoms with van der Waals surface area (Å²) in [6, 6.07) is -0.641. The molecule has 6 heteroatoms. The minimum Gasteiger partial charge on any atom is -0.466 e. The molecule has 0 aliphatic rings. The Morgan fingerprint density at radius 1 is 0.418 bits per heavy atom. The van der Waals surface area contributed by atoms with Crippen LogP contribution in [0, 0.1) is 0 Å². The Morgan fingerprint density at radius 3 is 1.18 bits per heavy atom. The van der Waals surface area contributed by atoms with Crippen molar-refractivity contribution in [1.29, 1.82) is 0 Å². The third-order valence-electron chi connectivity index (χ3n) is 13.3. The Labute approximate surface area is 416 Å². The molecule has 3 N–H and O–H groups in total. The molecule has 0 heterocycles. The first-order valence-corrected chi connectivity index (χ1v) is 29.4. The van der Waals surface area contributed by atoms with E-state index in [1.54, 1.807) is 6.08 Å². The van der Waals surface area contributed by atoms with Gasteiger partial charge in [0.1, 0.15) is 0 Å². The summed E-state index contributed by atoms with van der Waals surface area (Å²) in [6.45, 7) is 4.86. The van der Waals surface area contributed by atoms with Gasteiger partial charge in [0.25, 0.3) is 0 Å². The monoisotopic (exact) mass is 940 g/mol. The summed E-state index contributed by atoms with van der Waals surface area (Å²) in [5, 5.41) is 23.1. The second-order valence-electron chi connectivity index (χ2n) is 20.0. The number of rotatable bonds is 54. The molecule has 0 aromatic carbocycles. The third-order valence-corrected chi connectivity index (χ3v) is 13.3. The lowest BCUT2D eigenvalue weighted by Crippen LogP contribution is -2.45. The molecule has 2 atom stereocenters. The molecule has 6 nitrogen and oxygen atoms in total. The summed E-state index contributed by atoms with van der Waals surface area (Å²) >= 11 is 0. The number of aliphatic hydroxyl groups excluding tert-OH is 2. The fraction of sp³-hybridized carbons (Fsp3) is 0.836. The highest BCUT2D eigenvalue weighted by Crippen LogP contribution is 2.16. The number of aliphatic hydroxyl groups is 2. The largest absolute Gasteiger partial charge is 0.466 e. The lowest BCUT2D eigenvalue weighted by molar-refractivity contribution is -0.143. The molecule has 0 aliphatic carbocycles. The number of unbranched alkanes of at least 4 members (excludes halogenated alkanes) is 37. The van der Waals surface area contributed by atoms with Crippen molar-refractivity contribution in [2.24, 2.45) is 0 Å². The molecule has 0 aromatic rings. The molecule has 67 heavy (non-hydrogen) atoms. The molecule has 0 saturated carbocycles. The van der Waals surface area contributed by atoms with Crippen molar-refractivity contribution in [3.05, 3.63) is 48.6 Å². The summed E-state index contributed by atoms with van der Waals surface area (Å²) in [4.78, 5) is 24.5. The van der Waals surface area contributed by atoms with Gasteiger partial charge >= 0.3 is 5.97 Å². The SMILES string of the molecule is CCCCC/C=C\C/C=C\CCCCCCCCCCCC(=O)OCCCCCCCCC/C=C\CCCCCCCC(=O)NC(CO)C(O)/C=C/CCCCCCCCCCCCCCC. The van der Waals surface area contributed by atoms with Gasteiger partial charge in [-0.25, -0.2) is 0 Å². The van der Waals surface area contributed by atoms with Gasteiger partial charge in [0.2, 0.25) is 5.91 Å². The van der Waals surface area contributed by atoms with Crippen molar-refractivity contribution in [3.8, 4) is 0 Å². The van der Waals surface area contributed by atoms with E-state index in [1.807, 2.05) is 6.08 Å². The molecular formula is C61H113NO5. The lowest BCUT2D eigenvalue weighted by Gasteiger charge is -2.20. The molecule has 0 bridgehead atoms. The molecule has 0 rings (SSSR count). The van der Waals surface area contributed by atoms with Gasteiger partial charge in [0.15, 0.2) is 0 Å². The number of amides is 1. The van der Waals surface area contributed by atoms with Crippen LogP contribution in [0.5, 0.6) is 0 Å². The van der Waals surface area contributed by atoms with E-state index in [0.717, 1.165) is 70.6 Å². The maximum absolute atomic E-state index is 12.4. The highest BCUT2D eigenvalue weighted by molar-refractivity contribution is 5.76. The third kappa shape index (κ3) is 53.0. The molecule has 0 spiro atoms. The summed E-state index contributed by atoms with van der Waals surface area (Å²) in [5.74, 6) is -0.0932. The molecule has 392 valence electrons. The average Bonchev–Trinajstić information content (AvgIpc) is 3.33. The van der Waals surface area contributed by atoms with E-state index >= 15 is 0 Å². The number of hydrogen-bond donors (Lipinski definition) is 3. The zero-order valence-corrected chi connectivity index (χ0v) is 44.6. The molecule has 0 aromatic heterocycles. The van der Waals surface area contributed by atoms with Gasteiger partial charge in [-0.15, -0.1) is 0 Å². The summed E-state index contributed by atoms with van der Waals surface area (Å²) in [5.41, 5.74) is 0. The van der Waals surface area contributed by atoms with E-state index in [4.69, 9.17) is 4.74 Å². The summed E-state index contributed by atoms with van der Waals surface area (Å²) < 4.78 is 5.48. The van der Waals surface area contributed by atoms with Crippen LogP contribution < -0.4 is 5.32 Å². The zero-order chi connectivity index (χ0) is 48.6. The number of allylic oxidation sites excluding steroid dienone is 7. The Hall–Kier alpha value is -2.18. The number of nitrogens with one attached hydrogen (secondary N) is 1. The smallest absolute Gasteiger partial charge is 0.305 e. The first-order valence-electron chi connectivity index (χ1n) is 29.4. The van der Waals surface area contributed by atoms with Crippen LogP contribution in [0.2, 0.25) is 0 Å². The van der Waals surface area contributed by atoms with Crippen molar-refractivity contribution in [2.75, 3.05) is 13.2 Å². The zero-order valence-electron chi connectivity index (χ0n) is 44.6. The lowest BCUT2D eigenvalue weighted by atomic mass is 10.0. The number of ether oxygens (including phenoxy) is 1. The molecule has 1 amide bonds. The Kier molecular flexibility index (Phi) is 54.6. The van der Waals surface area contributed by atoms with Crippen LogP contribution in [0.15, 0.2) is 48.6 Å². The average molecular weight is 941 g/mol. The molecule has 0 aliphatic heterocycles. The van der Waals surface area contributed by atoms with Gasteiger partial charge in [0.05, 0.1) is 25.4 Å². The number of esters is 1. The molecular weight excluding hydrogens is 827 g/mol. The van der Waals surface area contributed by atoms with Crippen LogP contribution in [-0.4, -0.2) is 47.4 Å². The molecule has 0 radical (unpaired) electrons. The predicted octanol–water partition coefficient (Wildman–Crippen LogP) is 18.2.